The van der Waals surface area contributed by atoms with E-state index in [2.05, 4.69) is 22.5 Å². The number of amides is 1. The number of thiophene rings is 1. The third-order valence-corrected chi connectivity index (χ3v) is 5.60. The number of aromatic nitrogens is 2. The van der Waals surface area contributed by atoms with Crippen LogP contribution in [0.2, 0.25) is 0 Å². The number of nitrogens with one attached hydrogen (secondary N) is 1. The van der Waals surface area contributed by atoms with Gasteiger partial charge in [-0.25, -0.2) is 0 Å². The molecular formula is C20H21N3O2S. The Labute approximate surface area is 156 Å². The molecule has 2 aromatic heterocycles. The molecule has 6 heteroatoms. The Bertz CT molecular complexity index is 866. The van der Waals surface area contributed by atoms with Gasteiger partial charge in [-0.05, 0) is 30.5 Å². The molecule has 134 valence electrons. The Morgan fingerprint density at radius 1 is 1.23 bits per heavy atom. The molecule has 1 saturated heterocycles. The molecule has 26 heavy (non-hydrogen) atoms. The average molecular weight is 367 g/mol. The first-order chi connectivity index (χ1) is 12.8. The van der Waals surface area contributed by atoms with Crippen LogP contribution < -0.4 is 5.32 Å². The smallest absolute Gasteiger partial charge is 0.261 e. The third kappa shape index (κ3) is 4.03. The second kappa shape index (κ2) is 7.85. The topological polar surface area (TPSA) is 56.2 Å². The molecule has 3 heterocycles. The van der Waals surface area contributed by atoms with E-state index >= 15 is 0 Å². The molecule has 0 bridgehead atoms. The van der Waals surface area contributed by atoms with Crippen molar-refractivity contribution in [2.75, 3.05) is 6.61 Å². The maximum absolute atomic E-state index is 12.4. The first-order valence-corrected chi connectivity index (χ1v) is 9.64. The summed E-state index contributed by atoms with van der Waals surface area (Å²) in [7, 11) is 0. The van der Waals surface area contributed by atoms with Gasteiger partial charge in [0.2, 0.25) is 0 Å². The molecule has 0 spiro atoms. The van der Waals surface area contributed by atoms with Crippen LogP contribution in [0.15, 0.2) is 54.9 Å². The third-order valence-electron chi connectivity index (χ3n) is 4.42. The van der Waals surface area contributed by atoms with Crippen molar-refractivity contribution in [2.45, 2.75) is 32.0 Å². The van der Waals surface area contributed by atoms with E-state index in [0.29, 0.717) is 6.54 Å². The monoisotopic (exact) mass is 367 g/mol. The molecule has 0 saturated carbocycles. The highest BCUT2D eigenvalue weighted by Gasteiger charge is 2.20. The fourth-order valence-electron chi connectivity index (χ4n) is 3.07. The predicted molar refractivity (Wildman–Crippen MR) is 101 cm³/mol. The number of carbonyl (C=O) groups excluding carboxylic acids is 1. The molecule has 1 aliphatic heterocycles. The second-order valence-electron chi connectivity index (χ2n) is 6.42. The molecule has 1 fully saturated rings. The summed E-state index contributed by atoms with van der Waals surface area (Å²) in [6.45, 7) is 2.02. The van der Waals surface area contributed by atoms with Crippen molar-refractivity contribution in [3.63, 3.8) is 0 Å². The van der Waals surface area contributed by atoms with Crippen molar-refractivity contribution in [3.8, 4) is 0 Å². The van der Waals surface area contributed by atoms with Crippen LogP contribution in [0, 0.1) is 0 Å². The van der Waals surface area contributed by atoms with Crippen LogP contribution in [0.4, 0.5) is 0 Å². The van der Waals surface area contributed by atoms with Crippen molar-refractivity contribution in [1.82, 2.24) is 15.1 Å². The lowest BCUT2D eigenvalue weighted by Gasteiger charge is -2.05. The number of rotatable bonds is 6. The highest BCUT2D eigenvalue weighted by atomic mass is 32.1. The molecule has 1 N–H and O–H groups in total. The van der Waals surface area contributed by atoms with Crippen LogP contribution in [-0.4, -0.2) is 22.3 Å². The number of carbonyl (C=O) groups is 1. The van der Waals surface area contributed by atoms with Crippen molar-refractivity contribution >= 4 is 17.2 Å². The van der Waals surface area contributed by atoms with Crippen molar-refractivity contribution in [3.05, 3.63) is 75.7 Å². The van der Waals surface area contributed by atoms with Crippen LogP contribution in [0.3, 0.4) is 0 Å². The maximum atomic E-state index is 12.4. The first-order valence-electron chi connectivity index (χ1n) is 8.83. The van der Waals surface area contributed by atoms with Gasteiger partial charge in [0.25, 0.3) is 5.91 Å². The zero-order valence-corrected chi connectivity index (χ0v) is 15.2. The highest BCUT2D eigenvalue weighted by Crippen LogP contribution is 2.33. The standard InChI is InChI=1S/C20H21N3O2S/c24-20(19-9-8-18(26-19)17-7-4-10-25-17)21-11-16-12-22-23(14-16)13-15-5-2-1-3-6-15/h1-3,5-6,8-9,12,14,17H,4,7,10-11,13H2,(H,21,24)/t17-/m0/s1. The molecule has 5 nitrogen and oxygen atoms in total. The Hall–Kier alpha value is -2.44. The van der Waals surface area contributed by atoms with Crippen LogP contribution in [-0.2, 0) is 17.8 Å². The van der Waals surface area contributed by atoms with E-state index in [0.717, 1.165) is 41.3 Å². The van der Waals surface area contributed by atoms with Gasteiger partial charge < -0.3 is 10.1 Å². The molecule has 1 aromatic carbocycles. The highest BCUT2D eigenvalue weighted by molar-refractivity contribution is 7.14. The number of nitrogens with zero attached hydrogens (tertiary/aromatic N) is 2. The van der Waals surface area contributed by atoms with Crippen LogP contribution in [0.1, 0.15) is 44.6 Å². The van der Waals surface area contributed by atoms with Crippen molar-refractivity contribution in [1.29, 1.82) is 0 Å². The summed E-state index contributed by atoms with van der Waals surface area (Å²) < 4.78 is 7.57. The summed E-state index contributed by atoms with van der Waals surface area (Å²) in [6.07, 6.45) is 6.08. The van der Waals surface area contributed by atoms with Crippen LogP contribution >= 0.6 is 11.3 Å². The van der Waals surface area contributed by atoms with Gasteiger partial charge in [0, 0.05) is 29.8 Å². The molecule has 1 atom stereocenters. The number of hydrogen-bond acceptors (Lipinski definition) is 4. The molecule has 4 rings (SSSR count). The fraction of sp³-hybridized carbons (Fsp3) is 0.300. The molecule has 0 unspecified atom stereocenters. The number of hydrogen-bond donors (Lipinski definition) is 1. The molecule has 1 aliphatic rings. The largest absolute Gasteiger partial charge is 0.373 e. The quantitative estimate of drug-likeness (QED) is 0.721. The SMILES string of the molecule is O=C(NCc1cnn(Cc2ccccc2)c1)c1ccc([C@@H]2CCCO2)s1. The van der Waals surface area contributed by atoms with Gasteiger partial charge >= 0.3 is 0 Å². The zero-order valence-electron chi connectivity index (χ0n) is 14.4. The van der Waals surface area contributed by atoms with Crippen molar-refractivity contribution in [2.24, 2.45) is 0 Å². The van der Waals surface area contributed by atoms with E-state index in [-0.39, 0.29) is 12.0 Å². The van der Waals surface area contributed by atoms with Gasteiger partial charge in [0.05, 0.1) is 23.7 Å². The first kappa shape index (κ1) is 17.0. The Balaban J connectivity index is 1.32. The lowest BCUT2D eigenvalue weighted by molar-refractivity contribution is 0.0955. The Morgan fingerprint density at radius 2 is 2.12 bits per heavy atom. The van der Waals surface area contributed by atoms with Gasteiger partial charge in [-0.15, -0.1) is 11.3 Å². The maximum Gasteiger partial charge on any atom is 0.261 e. The van der Waals surface area contributed by atoms with E-state index in [1.807, 2.05) is 41.2 Å². The summed E-state index contributed by atoms with van der Waals surface area (Å²) >= 11 is 1.52. The minimum Gasteiger partial charge on any atom is -0.373 e. The summed E-state index contributed by atoms with van der Waals surface area (Å²) in [5.74, 6) is -0.0462. The number of ether oxygens (including phenoxy) is 1. The summed E-state index contributed by atoms with van der Waals surface area (Å²) in [6, 6.07) is 14.1. The van der Waals surface area contributed by atoms with E-state index in [1.54, 1.807) is 6.20 Å². The number of benzene rings is 1. The van der Waals surface area contributed by atoms with E-state index in [1.165, 1.54) is 16.9 Å². The minimum atomic E-state index is -0.0462. The van der Waals surface area contributed by atoms with Crippen LogP contribution in [0.5, 0.6) is 0 Å². The lowest BCUT2D eigenvalue weighted by Crippen LogP contribution is -2.21. The summed E-state index contributed by atoms with van der Waals surface area (Å²) in [4.78, 5) is 14.2. The Kier molecular flexibility index (Phi) is 5.13. The van der Waals surface area contributed by atoms with Crippen LogP contribution in [0.25, 0.3) is 0 Å². The lowest BCUT2D eigenvalue weighted by atomic mass is 10.2. The van der Waals surface area contributed by atoms with E-state index in [4.69, 9.17) is 4.74 Å². The van der Waals surface area contributed by atoms with E-state index in [9.17, 15) is 4.79 Å². The molecule has 1 amide bonds. The van der Waals surface area contributed by atoms with Gasteiger partial charge in [0.15, 0.2) is 0 Å². The average Bonchev–Trinajstić information content (AvgIpc) is 3.41. The molecular weight excluding hydrogens is 346 g/mol. The summed E-state index contributed by atoms with van der Waals surface area (Å²) in [5.41, 5.74) is 2.19. The molecule has 3 aromatic rings. The molecule has 0 radical (unpaired) electrons. The van der Waals surface area contributed by atoms with Gasteiger partial charge in [-0.3, -0.25) is 9.48 Å². The molecule has 0 aliphatic carbocycles. The second-order valence-corrected chi connectivity index (χ2v) is 7.53. The summed E-state index contributed by atoms with van der Waals surface area (Å²) in [5, 5.41) is 7.34. The predicted octanol–water partition coefficient (Wildman–Crippen LogP) is 3.77. The Morgan fingerprint density at radius 3 is 2.92 bits per heavy atom. The van der Waals surface area contributed by atoms with Gasteiger partial charge in [-0.1, -0.05) is 30.3 Å². The van der Waals surface area contributed by atoms with Crippen molar-refractivity contribution < 1.29 is 9.53 Å². The normalized spacial score (nSPS) is 16.7. The van der Waals surface area contributed by atoms with E-state index < -0.39 is 0 Å². The minimum absolute atomic E-state index is 0.0462. The fourth-order valence-corrected chi connectivity index (χ4v) is 4.08. The zero-order chi connectivity index (χ0) is 17.8. The van der Waals surface area contributed by atoms with Gasteiger partial charge in [0.1, 0.15) is 0 Å². The van der Waals surface area contributed by atoms with Gasteiger partial charge in [-0.2, -0.15) is 5.10 Å².